The Morgan fingerprint density at radius 3 is 3.11 bits per heavy atom. The van der Waals surface area contributed by atoms with Crippen molar-refractivity contribution in [3.8, 4) is 5.75 Å². The zero-order chi connectivity index (χ0) is 13.1. The summed E-state index contributed by atoms with van der Waals surface area (Å²) in [5.41, 5.74) is 8.88. The number of thioether (sulfide) groups is 1. The lowest BCUT2D eigenvalue weighted by Gasteiger charge is -2.06. The van der Waals surface area contributed by atoms with Gasteiger partial charge in [-0.2, -0.15) is 0 Å². The van der Waals surface area contributed by atoms with E-state index >= 15 is 0 Å². The summed E-state index contributed by atoms with van der Waals surface area (Å²) in [7, 11) is 0. The Labute approximate surface area is 106 Å². The van der Waals surface area contributed by atoms with Crippen molar-refractivity contribution in [3.05, 3.63) is 28.1 Å². The van der Waals surface area contributed by atoms with Crippen molar-refractivity contribution in [2.75, 3.05) is 11.9 Å². The van der Waals surface area contributed by atoms with Gasteiger partial charge in [-0.15, -0.1) is 0 Å². The quantitative estimate of drug-likeness (QED) is 0.215. The minimum Gasteiger partial charge on any atom is -0.506 e. The number of carbonyl (C=O) groups excluding carboxylic acids is 2. The van der Waals surface area contributed by atoms with Crippen molar-refractivity contribution >= 4 is 29.5 Å². The van der Waals surface area contributed by atoms with E-state index in [-0.39, 0.29) is 18.1 Å². The number of hydrogen-bond acceptors (Lipinski definition) is 6. The highest BCUT2D eigenvalue weighted by Gasteiger charge is 2.28. The van der Waals surface area contributed by atoms with Crippen LogP contribution in [0, 0.1) is 0 Å². The molecule has 18 heavy (non-hydrogen) atoms. The maximum Gasteiger partial charge on any atom is 0.169 e. The van der Waals surface area contributed by atoms with Gasteiger partial charge in [-0.25, -0.2) is 0 Å². The van der Waals surface area contributed by atoms with Crippen LogP contribution in [0.1, 0.15) is 10.4 Å². The monoisotopic (exact) mass is 264 g/mol. The maximum atomic E-state index is 11.8. The molecule has 0 saturated heterocycles. The molecular formula is C10H8N4O3S. The number of phenols is 1. The molecule has 2 rings (SSSR count). The highest BCUT2D eigenvalue weighted by molar-refractivity contribution is 8.01. The fourth-order valence-electron chi connectivity index (χ4n) is 1.60. The summed E-state index contributed by atoms with van der Waals surface area (Å²) >= 11 is 1.14. The lowest BCUT2D eigenvalue weighted by molar-refractivity contribution is -0.107. The number of aldehydes is 1. The van der Waals surface area contributed by atoms with E-state index in [2.05, 4.69) is 15.3 Å². The molecule has 7 nitrogen and oxygen atoms in total. The second-order valence-corrected chi connectivity index (χ2v) is 4.62. The Bertz CT molecular complexity index is 568. The van der Waals surface area contributed by atoms with Gasteiger partial charge in [0.15, 0.2) is 12.1 Å². The molecule has 92 valence electrons. The molecule has 1 aliphatic rings. The smallest absolute Gasteiger partial charge is 0.169 e. The SMILES string of the molecule is [N-]=[N+]=NCC(=O)c1ccc(O)c2c1SC(C=O)N2. The van der Waals surface area contributed by atoms with Gasteiger partial charge in [-0.1, -0.05) is 16.9 Å². The summed E-state index contributed by atoms with van der Waals surface area (Å²) in [4.78, 5) is 25.5. The van der Waals surface area contributed by atoms with E-state index < -0.39 is 5.37 Å². The van der Waals surface area contributed by atoms with Crippen LogP contribution in [-0.4, -0.2) is 29.1 Å². The van der Waals surface area contributed by atoms with Gasteiger partial charge in [0.25, 0.3) is 0 Å². The van der Waals surface area contributed by atoms with Crippen LogP contribution in [0.2, 0.25) is 0 Å². The van der Waals surface area contributed by atoms with Gasteiger partial charge in [-0.3, -0.25) is 4.79 Å². The van der Waals surface area contributed by atoms with Crippen LogP contribution in [0.4, 0.5) is 5.69 Å². The molecule has 1 aromatic rings. The van der Waals surface area contributed by atoms with Crippen LogP contribution in [0.5, 0.6) is 5.75 Å². The van der Waals surface area contributed by atoms with Crippen molar-refractivity contribution in [2.24, 2.45) is 5.11 Å². The zero-order valence-corrected chi connectivity index (χ0v) is 9.85. The Morgan fingerprint density at radius 1 is 1.67 bits per heavy atom. The van der Waals surface area contributed by atoms with Gasteiger partial charge >= 0.3 is 0 Å². The third-order valence-corrected chi connectivity index (χ3v) is 3.51. The van der Waals surface area contributed by atoms with Gasteiger partial charge < -0.3 is 15.2 Å². The first-order valence-corrected chi connectivity index (χ1v) is 5.84. The molecule has 1 aromatic carbocycles. The molecule has 1 atom stereocenters. The highest BCUT2D eigenvalue weighted by Crippen LogP contribution is 2.45. The topological polar surface area (TPSA) is 115 Å². The van der Waals surface area contributed by atoms with E-state index in [4.69, 9.17) is 5.53 Å². The van der Waals surface area contributed by atoms with Crippen molar-refractivity contribution in [2.45, 2.75) is 10.3 Å². The second-order valence-electron chi connectivity index (χ2n) is 3.47. The average molecular weight is 264 g/mol. The van der Waals surface area contributed by atoms with Crippen molar-refractivity contribution in [1.82, 2.24) is 0 Å². The Morgan fingerprint density at radius 2 is 2.44 bits per heavy atom. The molecule has 0 bridgehead atoms. The number of carbonyl (C=O) groups is 2. The first-order chi connectivity index (χ1) is 8.67. The molecule has 2 N–H and O–H groups in total. The molecule has 0 fully saturated rings. The van der Waals surface area contributed by atoms with Gasteiger partial charge in [0, 0.05) is 15.4 Å². The normalized spacial score (nSPS) is 16.3. The molecule has 1 unspecified atom stereocenters. The average Bonchev–Trinajstić information content (AvgIpc) is 2.81. The number of fused-ring (bicyclic) bond motifs is 1. The number of Topliss-reactive ketones (excluding diaryl/α,β-unsaturated/α-hetero) is 1. The number of nitrogens with zero attached hydrogens (tertiary/aromatic N) is 3. The van der Waals surface area contributed by atoms with Crippen molar-refractivity contribution < 1.29 is 14.7 Å². The number of phenolic OH excluding ortho intramolecular Hbond substituents is 1. The fraction of sp³-hybridized carbons (Fsp3) is 0.200. The maximum absolute atomic E-state index is 11.8. The number of ketones is 1. The first-order valence-electron chi connectivity index (χ1n) is 4.96. The molecule has 0 aromatic heterocycles. The van der Waals surface area contributed by atoms with E-state index in [0.29, 0.717) is 22.4 Å². The first kappa shape index (κ1) is 12.3. The molecular weight excluding hydrogens is 256 g/mol. The number of rotatable bonds is 4. The highest BCUT2D eigenvalue weighted by atomic mass is 32.2. The standard InChI is InChI=1S/C10H8N4O3S/c11-14-12-3-7(17)5-1-2-6(16)9-10(5)18-8(4-15)13-9/h1-2,4,8,13,16H,3H2. The summed E-state index contributed by atoms with van der Waals surface area (Å²) in [6.45, 7) is -0.292. The number of azide groups is 1. The largest absolute Gasteiger partial charge is 0.506 e. The molecule has 1 heterocycles. The van der Waals surface area contributed by atoms with Crippen molar-refractivity contribution in [1.29, 1.82) is 0 Å². The molecule has 8 heteroatoms. The fourth-order valence-corrected chi connectivity index (χ4v) is 2.67. The lowest BCUT2D eigenvalue weighted by Crippen LogP contribution is -2.10. The lowest BCUT2D eigenvalue weighted by atomic mass is 10.1. The number of nitrogens with one attached hydrogen (secondary N) is 1. The number of hydrogen-bond donors (Lipinski definition) is 2. The molecule has 0 amide bonds. The summed E-state index contributed by atoms with van der Waals surface area (Å²) in [6, 6.07) is 2.81. The summed E-state index contributed by atoms with van der Waals surface area (Å²) in [5.74, 6) is -0.382. The van der Waals surface area contributed by atoms with Crippen LogP contribution in [0.3, 0.4) is 0 Å². The van der Waals surface area contributed by atoms with E-state index in [9.17, 15) is 14.7 Å². The van der Waals surface area contributed by atoms with Gasteiger partial charge in [0.2, 0.25) is 0 Å². The zero-order valence-electron chi connectivity index (χ0n) is 9.03. The van der Waals surface area contributed by atoms with Crippen LogP contribution in [-0.2, 0) is 4.79 Å². The second kappa shape index (κ2) is 4.99. The predicted octanol–water partition coefficient (Wildman–Crippen LogP) is 1.93. The third kappa shape index (κ3) is 2.11. The van der Waals surface area contributed by atoms with E-state index in [1.807, 2.05) is 0 Å². The Hall–Kier alpha value is -2.18. The van der Waals surface area contributed by atoms with E-state index in [1.165, 1.54) is 12.1 Å². The van der Waals surface area contributed by atoms with E-state index in [1.54, 1.807) is 0 Å². The number of benzene rings is 1. The summed E-state index contributed by atoms with van der Waals surface area (Å²) < 4.78 is 0. The van der Waals surface area contributed by atoms with Gasteiger partial charge in [-0.05, 0) is 17.7 Å². The third-order valence-electron chi connectivity index (χ3n) is 2.37. The molecule has 0 saturated carbocycles. The Balaban J connectivity index is 2.40. The summed E-state index contributed by atoms with van der Waals surface area (Å²) in [5, 5.41) is 15.1. The molecule has 0 radical (unpaired) electrons. The van der Waals surface area contributed by atoms with Crippen LogP contribution < -0.4 is 5.32 Å². The Kier molecular flexibility index (Phi) is 3.40. The number of aromatic hydroxyl groups is 1. The minimum atomic E-state index is -0.528. The summed E-state index contributed by atoms with van der Waals surface area (Å²) in [6.07, 6.45) is 0.686. The van der Waals surface area contributed by atoms with E-state index in [0.717, 1.165) is 11.8 Å². The van der Waals surface area contributed by atoms with Gasteiger partial charge in [0.1, 0.15) is 11.1 Å². The minimum absolute atomic E-state index is 0.0258. The number of anilines is 1. The van der Waals surface area contributed by atoms with Crippen LogP contribution >= 0.6 is 11.8 Å². The van der Waals surface area contributed by atoms with Crippen LogP contribution in [0.15, 0.2) is 22.1 Å². The van der Waals surface area contributed by atoms with Gasteiger partial charge in [0.05, 0.1) is 12.2 Å². The molecule has 0 spiro atoms. The van der Waals surface area contributed by atoms with Crippen molar-refractivity contribution in [3.63, 3.8) is 0 Å². The molecule has 0 aliphatic carbocycles. The predicted molar refractivity (Wildman–Crippen MR) is 65.8 cm³/mol. The van der Waals surface area contributed by atoms with Crippen LogP contribution in [0.25, 0.3) is 10.4 Å². The molecule has 1 aliphatic heterocycles.